The van der Waals surface area contributed by atoms with Crippen LogP contribution in [-0.2, 0) is 0 Å². The van der Waals surface area contributed by atoms with Crippen molar-refractivity contribution in [3.63, 3.8) is 0 Å². The van der Waals surface area contributed by atoms with Crippen molar-refractivity contribution in [3.8, 4) is 0 Å². The third kappa shape index (κ3) is 2.71. The number of nitrogens with one attached hydrogen (secondary N) is 1. The Morgan fingerprint density at radius 1 is 1.42 bits per heavy atom. The smallest absolute Gasteiger partial charge is 0.407 e. The zero-order chi connectivity index (χ0) is 18.7. The fourth-order valence-corrected chi connectivity index (χ4v) is 5.52. The quantitative estimate of drug-likeness (QED) is 0.661. The lowest BCUT2D eigenvalue weighted by molar-refractivity contribution is -0.0775. The van der Waals surface area contributed by atoms with Crippen LogP contribution in [0.5, 0.6) is 0 Å². The van der Waals surface area contributed by atoms with Gasteiger partial charge in [0, 0.05) is 38.1 Å². The van der Waals surface area contributed by atoms with Gasteiger partial charge in [-0.1, -0.05) is 6.92 Å². The van der Waals surface area contributed by atoms with Crippen LogP contribution in [0.4, 0.5) is 10.6 Å². The average molecular weight is 473 g/mol. The molecule has 3 fully saturated rings. The number of piperazine rings is 1. The Morgan fingerprint density at radius 3 is 2.73 bits per heavy atom. The maximum absolute atomic E-state index is 11.0. The van der Waals surface area contributed by atoms with E-state index in [0.717, 1.165) is 44.7 Å². The molecule has 2 N–H and O–H groups in total. The van der Waals surface area contributed by atoms with E-state index in [2.05, 4.69) is 58.3 Å². The van der Waals surface area contributed by atoms with Crippen LogP contribution in [0.1, 0.15) is 44.8 Å². The molecule has 0 bridgehead atoms. The van der Waals surface area contributed by atoms with Crippen molar-refractivity contribution in [2.75, 3.05) is 37.6 Å². The van der Waals surface area contributed by atoms with E-state index in [4.69, 9.17) is 10.2 Å². The third-order valence-electron chi connectivity index (χ3n) is 6.75. The van der Waals surface area contributed by atoms with Crippen molar-refractivity contribution in [2.45, 2.75) is 51.6 Å². The first-order valence-electron chi connectivity index (χ1n) is 9.49. The molecule has 7 nitrogen and oxygen atoms in total. The van der Waals surface area contributed by atoms with Gasteiger partial charge in [-0.15, -0.1) is 0 Å². The van der Waals surface area contributed by atoms with Crippen LogP contribution in [-0.4, -0.2) is 64.1 Å². The summed E-state index contributed by atoms with van der Waals surface area (Å²) in [5, 5.41) is 17.6. The van der Waals surface area contributed by atoms with Gasteiger partial charge in [-0.2, -0.15) is 5.10 Å². The summed E-state index contributed by atoms with van der Waals surface area (Å²) in [6.45, 7) is 11.1. The molecule has 4 rings (SSSR count). The average Bonchev–Trinajstić information content (AvgIpc) is 2.81. The Bertz CT molecular complexity index is 721. The van der Waals surface area contributed by atoms with E-state index in [-0.39, 0.29) is 11.0 Å². The molecule has 1 atom stereocenters. The van der Waals surface area contributed by atoms with E-state index >= 15 is 0 Å². The Morgan fingerprint density at radius 2 is 2.12 bits per heavy atom. The fourth-order valence-electron chi connectivity index (χ4n) is 4.87. The third-order valence-corrected chi connectivity index (χ3v) is 8.02. The molecule has 3 aliphatic rings. The molecule has 1 aliphatic carbocycles. The largest absolute Gasteiger partial charge is 0.465 e. The number of carbonyl (C=O) groups is 1. The van der Waals surface area contributed by atoms with Crippen molar-refractivity contribution in [3.05, 3.63) is 9.26 Å². The highest BCUT2D eigenvalue weighted by molar-refractivity contribution is 14.1. The molecule has 1 aromatic rings. The maximum atomic E-state index is 11.0. The first-order valence-corrected chi connectivity index (χ1v) is 10.6. The van der Waals surface area contributed by atoms with Crippen molar-refractivity contribution in [1.29, 1.82) is 0 Å². The monoisotopic (exact) mass is 473 g/mol. The summed E-state index contributed by atoms with van der Waals surface area (Å²) in [5.74, 6) is 1.12. The van der Waals surface area contributed by atoms with Gasteiger partial charge in [0.1, 0.15) is 0 Å². The normalized spacial score (nSPS) is 28.2. The van der Waals surface area contributed by atoms with E-state index in [0.29, 0.717) is 19.1 Å². The van der Waals surface area contributed by atoms with Gasteiger partial charge in [0.2, 0.25) is 0 Å². The van der Waals surface area contributed by atoms with Gasteiger partial charge in [-0.05, 0) is 55.7 Å². The van der Waals surface area contributed by atoms with E-state index in [1.165, 1.54) is 14.2 Å². The maximum Gasteiger partial charge on any atom is 0.407 e. The number of carboxylic acid groups (broad SMARTS) is 1. The SMILES string of the molecule is CCC1(C)CNCCN1c1nn(C2CC3(C2)CN(C(=O)O)C3)c(C)c1I. The van der Waals surface area contributed by atoms with Crippen LogP contribution in [0, 0.1) is 15.9 Å². The molecule has 1 saturated carbocycles. The molecule has 1 aromatic heterocycles. The second-order valence-electron chi connectivity index (χ2n) is 8.55. The highest BCUT2D eigenvalue weighted by Gasteiger charge is 2.55. The topological polar surface area (TPSA) is 73.6 Å². The first kappa shape index (κ1) is 18.3. The van der Waals surface area contributed by atoms with Crippen molar-refractivity contribution >= 4 is 34.5 Å². The number of hydrogen-bond donors (Lipinski definition) is 2. The Hall–Kier alpha value is -1.03. The van der Waals surface area contributed by atoms with Gasteiger partial charge in [0.25, 0.3) is 0 Å². The summed E-state index contributed by atoms with van der Waals surface area (Å²) >= 11 is 2.45. The number of rotatable bonds is 3. The highest BCUT2D eigenvalue weighted by atomic mass is 127. The molecule has 0 radical (unpaired) electrons. The summed E-state index contributed by atoms with van der Waals surface area (Å²) in [6.07, 6.45) is 2.38. The number of likely N-dealkylation sites (tertiary alicyclic amines) is 1. The number of amides is 1. The second-order valence-corrected chi connectivity index (χ2v) is 9.63. The van der Waals surface area contributed by atoms with Gasteiger partial charge < -0.3 is 20.2 Å². The van der Waals surface area contributed by atoms with Crippen LogP contribution in [0.3, 0.4) is 0 Å². The molecule has 0 aromatic carbocycles. The molecule has 2 aliphatic heterocycles. The molecule has 1 spiro atoms. The lowest BCUT2D eigenvalue weighted by Gasteiger charge is -2.58. The Kier molecular flexibility index (Phi) is 4.41. The predicted molar refractivity (Wildman–Crippen MR) is 109 cm³/mol. The lowest BCUT2D eigenvalue weighted by atomic mass is 9.61. The molecular weight excluding hydrogens is 445 g/mol. The van der Waals surface area contributed by atoms with E-state index in [9.17, 15) is 4.79 Å². The summed E-state index contributed by atoms with van der Waals surface area (Å²) in [7, 11) is 0. The van der Waals surface area contributed by atoms with Gasteiger partial charge in [-0.3, -0.25) is 4.68 Å². The molecule has 1 unspecified atom stereocenters. The first-order chi connectivity index (χ1) is 12.3. The van der Waals surface area contributed by atoms with E-state index in [1.54, 1.807) is 0 Å². The van der Waals surface area contributed by atoms with Crippen LogP contribution in [0.15, 0.2) is 0 Å². The minimum Gasteiger partial charge on any atom is -0.465 e. The van der Waals surface area contributed by atoms with Crippen molar-refractivity contribution in [2.24, 2.45) is 5.41 Å². The fraction of sp³-hybridized carbons (Fsp3) is 0.778. The summed E-state index contributed by atoms with van der Waals surface area (Å²) < 4.78 is 3.47. The molecule has 3 heterocycles. The summed E-state index contributed by atoms with van der Waals surface area (Å²) in [6, 6.07) is 0.406. The molecule has 1 amide bonds. The zero-order valence-corrected chi connectivity index (χ0v) is 17.9. The lowest BCUT2D eigenvalue weighted by Crippen LogP contribution is -2.63. The van der Waals surface area contributed by atoms with Crippen LogP contribution in [0.25, 0.3) is 0 Å². The zero-order valence-electron chi connectivity index (χ0n) is 15.8. The van der Waals surface area contributed by atoms with Crippen LogP contribution in [0.2, 0.25) is 0 Å². The van der Waals surface area contributed by atoms with Crippen LogP contribution >= 0.6 is 22.6 Å². The van der Waals surface area contributed by atoms with Gasteiger partial charge in [0.05, 0.1) is 20.8 Å². The van der Waals surface area contributed by atoms with E-state index < -0.39 is 6.09 Å². The molecule has 2 saturated heterocycles. The second kappa shape index (κ2) is 6.25. The minimum absolute atomic E-state index is 0.0978. The molecular formula is C18H28IN5O2. The summed E-state index contributed by atoms with van der Waals surface area (Å²) in [4.78, 5) is 15.0. The number of hydrogen-bond acceptors (Lipinski definition) is 4. The van der Waals surface area contributed by atoms with Crippen molar-refractivity contribution in [1.82, 2.24) is 20.0 Å². The molecule has 144 valence electrons. The highest BCUT2D eigenvalue weighted by Crippen LogP contribution is 2.54. The van der Waals surface area contributed by atoms with Crippen LogP contribution < -0.4 is 10.2 Å². The standard InChI is InChI=1S/C18H28IN5O2/c1-4-17(3)9-20-5-6-23(17)15-14(19)12(2)24(21-15)13-7-18(8-13)10-22(11-18)16(25)26/h13,20H,4-11H2,1-3H3,(H,25,26). The molecule has 8 heteroatoms. The Balaban J connectivity index is 1.52. The number of anilines is 1. The number of aromatic nitrogens is 2. The van der Waals surface area contributed by atoms with E-state index in [1.807, 2.05) is 0 Å². The Labute approximate surface area is 168 Å². The van der Waals surface area contributed by atoms with Gasteiger partial charge in [0.15, 0.2) is 5.82 Å². The number of halogens is 1. The molecule has 26 heavy (non-hydrogen) atoms. The van der Waals surface area contributed by atoms with Gasteiger partial charge in [-0.25, -0.2) is 4.79 Å². The summed E-state index contributed by atoms with van der Waals surface area (Å²) in [5.41, 5.74) is 1.55. The van der Waals surface area contributed by atoms with Gasteiger partial charge >= 0.3 is 6.09 Å². The minimum atomic E-state index is -0.788. The number of nitrogens with zero attached hydrogens (tertiary/aromatic N) is 4. The predicted octanol–water partition coefficient (Wildman–Crippen LogP) is 2.69. The van der Waals surface area contributed by atoms with Crippen molar-refractivity contribution < 1.29 is 9.90 Å².